The van der Waals surface area contributed by atoms with E-state index in [2.05, 4.69) is 158 Å². The van der Waals surface area contributed by atoms with Crippen LogP contribution >= 0.6 is 11.8 Å². The summed E-state index contributed by atoms with van der Waals surface area (Å²) in [5.41, 5.74) is 11.6. The predicted molar refractivity (Wildman–Crippen MR) is 195 cm³/mol. The van der Waals surface area contributed by atoms with Gasteiger partial charge >= 0.3 is 0 Å². The number of furan rings is 1. The van der Waals surface area contributed by atoms with Gasteiger partial charge in [-0.25, -0.2) is 0 Å². The average molecular weight is 603 g/mol. The van der Waals surface area contributed by atoms with Crippen LogP contribution in [-0.2, 0) is 0 Å². The summed E-state index contributed by atoms with van der Waals surface area (Å²) in [5.74, 6) is 0. The Balaban J connectivity index is 1.21. The molecule has 0 N–H and O–H groups in total. The lowest BCUT2D eigenvalue weighted by molar-refractivity contribution is 0.673. The Morgan fingerprint density at radius 3 is 2.02 bits per heavy atom. The van der Waals surface area contributed by atoms with Gasteiger partial charge in [0.15, 0.2) is 0 Å². The van der Waals surface area contributed by atoms with Crippen molar-refractivity contribution in [1.29, 1.82) is 0 Å². The maximum absolute atomic E-state index is 6.57. The Hall–Kier alpha value is -5.57. The Kier molecular flexibility index (Phi) is 5.58. The van der Waals surface area contributed by atoms with E-state index >= 15 is 0 Å². The van der Waals surface area contributed by atoms with Crippen molar-refractivity contribution in [3.8, 4) is 44.5 Å². The average Bonchev–Trinajstić information content (AvgIpc) is 3.52. The van der Waals surface area contributed by atoms with Crippen LogP contribution in [0.2, 0.25) is 0 Å². The number of rotatable bonds is 3. The first-order chi connectivity index (χ1) is 22.8. The van der Waals surface area contributed by atoms with Gasteiger partial charge in [0.2, 0.25) is 0 Å². The predicted octanol–water partition coefficient (Wildman–Crippen LogP) is 13.0. The van der Waals surface area contributed by atoms with Crippen LogP contribution in [0.5, 0.6) is 0 Å². The fraction of sp³-hybridized carbons (Fsp3) is 0. The van der Waals surface area contributed by atoms with Crippen molar-refractivity contribution in [3.05, 3.63) is 158 Å². The van der Waals surface area contributed by atoms with Crippen LogP contribution in [0.15, 0.2) is 172 Å². The molecule has 46 heavy (non-hydrogen) atoms. The standard InChI is InChI=1S/C44H26OS/c1-2-9-27(10-3-1)31-23-32(30-20-22-40-38(26-30)36-16-6-12-29-13-7-18-41(46-40)42(29)36)25-33(24-31)34-15-8-17-39-43(34)37-21-19-28-11-4-5-14-35(28)44(37)45-39/h1-26H. The fourth-order valence-corrected chi connectivity index (χ4v) is 8.41. The van der Waals surface area contributed by atoms with Crippen LogP contribution in [0.4, 0.5) is 0 Å². The van der Waals surface area contributed by atoms with Crippen molar-refractivity contribution in [2.75, 3.05) is 0 Å². The molecule has 1 aliphatic heterocycles. The molecule has 1 aromatic heterocycles. The monoisotopic (exact) mass is 602 g/mol. The second-order valence-electron chi connectivity index (χ2n) is 12.1. The van der Waals surface area contributed by atoms with Gasteiger partial charge in [-0.15, -0.1) is 0 Å². The Morgan fingerprint density at radius 2 is 1.11 bits per heavy atom. The minimum atomic E-state index is 0.910. The topological polar surface area (TPSA) is 13.1 Å². The van der Waals surface area contributed by atoms with E-state index < -0.39 is 0 Å². The SMILES string of the molecule is c1ccc(-c2cc(-c3ccc4c(c3)-c3cccc5cccc(c35)S4)cc(-c3cccc4oc5c6ccccc6ccc5c34)c2)cc1. The summed E-state index contributed by atoms with van der Waals surface area (Å²) in [4.78, 5) is 2.63. The molecule has 2 heterocycles. The van der Waals surface area contributed by atoms with E-state index in [1.54, 1.807) is 0 Å². The van der Waals surface area contributed by atoms with E-state index in [1.165, 1.54) is 70.5 Å². The number of hydrogen-bond donors (Lipinski definition) is 0. The molecule has 0 radical (unpaired) electrons. The van der Waals surface area contributed by atoms with E-state index in [4.69, 9.17) is 4.42 Å². The normalized spacial score (nSPS) is 12.3. The summed E-state index contributed by atoms with van der Waals surface area (Å²) in [6.07, 6.45) is 0. The molecule has 8 aromatic carbocycles. The van der Waals surface area contributed by atoms with Gasteiger partial charge in [0.05, 0.1) is 0 Å². The number of benzene rings is 8. The summed E-state index contributed by atoms with van der Waals surface area (Å²) in [7, 11) is 0. The molecule has 0 saturated heterocycles. The summed E-state index contributed by atoms with van der Waals surface area (Å²) in [6.45, 7) is 0. The first-order valence-corrected chi connectivity index (χ1v) is 16.5. The van der Waals surface area contributed by atoms with E-state index in [-0.39, 0.29) is 0 Å². The third-order valence-electron chi connectivity index (χ3n) is 9.43. The molecule has 0 unspecified atom stereocenters. The molecule has 2 heteroatoms. The Morgan fingerprint density at radius 1 is 0.370 bits per heavy atom. The first kappa shape index (κ1) is 25.7. The quantitative estimate of drug-likeness (QED) is 0.200. The zero-order valence-electron chi connectivity index (χ0n) is 24.8. The molecule has 0 saturated carbocycles. The van der Waals surface area contributed by atoms with E-state index in [0.29, 0.717) is 0 Å². The zero-order chi connectivity index (χ0) is 30.2. The van der Waals surface area contributed by atoms with Crippen molar-refractivity contribution in [2.24, 2.45) is 0 Å². The molecule has 10 rings (SSSR count). The number of hydrogen-bond acceptors (Lipinski definition) is 2. The second-order valence-corrected chi connectivity index (χ2v) is 13.2. The lowest BCUT2D eigenvalue weighted by Crippen LogP contribution is -1.94. The highest BCUT2D eigenvalue weighted by Gasteiger charge is 2.21. The fourth-order valence-electron chi connectivity index (χ4n) is 7.28. The molecular weight excluding hydrogens is 577 g/mol. The molecule has 0 aliphatic carbocycles. The Bertz CT molecular complexity index is 2660. The highest BCUT2D eigenvalue weighted by molar-refractivity contribution is 7.99. The molecule has 214 valence electrons. The summed E-state index contributed by atoms with van der Waals surface area (Å²) < 4.78 is 6.57. The molecule has 0 bridgehead atoms. The summed E-state index contributed by atoms with van der Waals surface area (Å²) >= 11 is 1.87. The minimum absolute atomic E-state index is 0.910. The molecular formula is C44H26OS. The molecule has 1 nitrogen and oxygen atoms in total. The lowest BCUT2D eigenvalue weighted by Gasteiger charge is -2.21. The van der Waals surface area contributed by atoms with Crippen LogP contribution in [0, 0.1) is 0 Å². The van der Waals surface area contributed by atoms with E-state index in [9.17, 15) is 0 Å². The lowest BCUT2D eigenvalue weighted by atomic mass is 9.90. The van der Waals surface area contributed by atoms with Gasteiger partial charge in [-0.05, 0) is 104 Å². The van der Waals surface area contributed by atoms with Crippen LogP contribution in [0.3, 0.4) is 0 Å². The second kappa shape index (κ2) is 9.97. The summed E-state index contributed by atoms with van der Waals surface area (Å²) in [6, 6.07) is 57.3. The number of fused-ring (bicyclic) bond motifs is 7. The molecule has 0 fully saturated rings. The molecule has 9 aromatic rings. The molecule has 0 amide bonds. The Labute approximate surface area is 270 Å². The largest absolute Gasteiger partial charge is 0.455 e. The first-order valence-electron chi connectivity index (χ1n) is 15.7. The van der Waals surface area contributed by atoms with Gasteiger partial charge in [0, 0.05) is 31.3 Å². The summed E-state index contributed by atoms with van der Waals surface area (Å²) in [5, 5.41) is 7.28. The van der Waals surface area contributed by atoms with E-state index in [1.807, 2.05) is 11.8 Å². The van der Waals surface area contributed by atoms with Gasteiger partial charge in [0.25, 0.3) is 0 Å². The maximum Gasteiger partial charge on any atom is 0.143 e. The van der Waals surface area contributed by atoms with Gasteiger partial charge in [-0.3, -0.25) is 0 Å². The molecule has 0 atom stereocenters. The van der Waals surface area contributed by atoms with Crippen molar-refractivity contribution in [2.45, 2.75) is 9.79 Å². The van der Waals surface area contributed by atoms with Crippen LogP contribution < -0.4 is 0 Å². The van der Waals surface area contributed by atoms with Gasteiger partial charge in [-0.2, -0.15) is 0 Å². The van der Waals surface area contributed by atoms with Crippen molar-refractivity contribution in [3.63, 3.8) is 0 Å². The van der Waals surface area contributed by atoms with Gasteiger partial charge in [-0.1, -0.05) is 121 Å². The molecule has 1 aliphatic rings. The maximum atomic E-state index is 6.57. The minimum Gasteiger partial charge on any atom is -0.455 e. The van der Waals surface area contributed by atoms with Crippen molar-refractivity contribution >= 4 is 55.2 Å². The van der Waals surface area contributed by atoms with Gasteiger partial charge < -0.3 is 4.42 Å². The van der Waals surface area contributed by atoms with Crippen LogP contribution in [0.1, 0.15) is 0 Å². The highest BCUT2D eigenvalue weighted by atomic mass is 32.2. The van der Waals surface area contributed by atoms with Crippen LogP contribution in [-0.4, -0.2) is 0 Å². The van der Waals surface area contributed by atoms with Gasteiger partial charge in [0.1, 0.15) is 11.2 Å². The third kappa shape index (κ3) is 3.90. The third-order valence-corrected chi connectivity index (χ3v) is 10.6. The van der Waals surface area contributed by atoms with Crippen LogP contribution in [0.25, 0.3) is 88.0 Å². The molecule has 0 spiro atoms. The van der Waals surface area contributed by atoms with Crippen molar-refractivity contribution < 1.29 is 4.42 Å². The zero-order valence-corrected chi connectivity index (χ0v) is 25.6. The van der Waals surface area contributed by atoms with Crippen molar-refractivity contribution in [1.82, 2.24) is 0 Å². The van der Waals surface area contributed by atoms with E-state index in [0.717, 1.165) is 27.3 Å². The smallest absolute Gasteiger partial charge is 0.143 e. The highest BCUT2D eigenvalue weighted by Crippen LogP contribution is 2.49.